The zero-order valence-electron chi connectivity index (χ0n) is 11.0. The van der Waals surface area contributed by atoms with Gasteiger partial charge in [0.25, 0.3) is 0 Å². The first-order valence-corrected chi connectivity index (χ1v) is 5.47. The number of Topliss-reactive ketones (excluding diaryl/α,β-unsaturated/α-hetero) is 1. The lowest BCUT2D eigenvalue weighted by Crippen LogP contribution is -2.21. The topological polar surface area (TPSA) is 26.3 Å². The van der Waals surface area contributed by atoms with Gasteiger partial charge in [-0.15, -0.1) is 0 Å². The van der Waals surface area contributed by atoms with Crippen LogP contribution in [0, 0.1) is 19.3 Å². The summed E-state index contributed by atoms with van der Waals surface area (Å²) in [6.07, 6.45) is 0. The summed E-state index contributed by atoms with van der Waals surface area (Å²) in [7, 11) is 1.65. The van der Waals surface area contributed by atoms with E-state index in [0.717, 1.165) is 22.4 Å². The summed E-state index contributed by atoms with van der Waals surface area (Å²) in [5.74, 6) is 1.01. The second kappa shape index (κ2) is 4.28. The number of methoxy groups -OCH3 is 1. The summed E-state index contributed by atoms with van der Waals surface area (Å²) >= 11 is 0. The fraction of sp³-hybridized carbons (Fsp3) is 0.500. The molecule has 0 aliphatic rings. The number of carbonyl (C=O) groups excluding carboxylic acids is 1. The average molecular weight is 220 g/mol. The number of benzene rings is 1. The van der Waals surface area contributed by atoms with Gasteiger partial charge in [-0.2, -0.15) is 0 Å². The fourth-order valence-electron chi connectivity index (χ4n) is 1.66. The minimum absolute atomic E-state index is 0.177. The molecule has 2 nitrogen and oxygen atoms in total. The van der Waals surface area contributed by atoms with E-state index < -0.39 is 0 Å². The normalized spacial score (nSPS) is 11.4. The summed E-state index contributed by atoms with van der Waals surface area (Å²) < 4.78 is 5.23. The third-order valence-corrected chi connectivity index (χ3v) is 2.67. The van der Waals surface area contributed by atoms with E-state index in [4.69, 9.17) is 4.74 Å². The number of ketones is 1. The summed E-state index contributed by atoms with van der Waals surface area (Å²) in [4.78, 5) is 12.2. The van der Waals surface area contributed by atoms with Crippen LogP contribution in [0.15, 0.2) is 12.1 Å². The maximum absolute atomic E-state index is 12.2. The highest BCUT2D eigenvalue weighted by Crippen LogP contribution is 2.28. The number of aryl methyl sites for hydroxylation is 2. The molecule has 0 saturated carbocycles. The van der Waals surface area contributed by atoms with Crippen LogP contribution in [0.5, 0.6) is 5.75 Å². The quantitative estimate of drug-likeness (QED) is 0.712. The van der Waals surface area contributed by atoms with Crippen molar-refractivity contribution in [2.75, 3.05) is 7.11 Å². The Kier molecular flexibility index (Phi) is 3.41. The molecule has 88 valence electrons. The van der Waals surface area contributed by atoms with E-state index in [0.29, 0.717) is 0 Å². The van der Waals surface area contributed by atoms with Gasteiger partial charge in [-0.1, -0.05) is 20.8 Å². The van der Waals surface area contributed by atoms with Gasteiger partial charge in [0.1, 0.15) is 5.75 Å². The van der Waals surface area contributed by atoms with E-state index in [1.54, 1.807) is 7.11 Å². The van der Waals surface area contributed by atoms with Gasteiger partial charge in [0.05, 0.1) is 7.11 Å². The zero-order chi connectivity index (χ0) is 12.5. The molecule has 0 N–H and O–H groups in total. The molecule has 0 saturated heterocycles. The van der Waals surface area contributed by atoms with Crippen LogP contribution in [0.25, 0.3) is 0 Å². The largest absolute Gasteiger partial charge is 0.496 e. The highest BCUT2D eigenvalue weighted by atomic mass is 16.5. The highest BCUT2D eigenvalue weighted by molar-refractivity contribution is 6.01. The van der Waals surface area contributed by atoms with Crippen molar-refractivity contribution in [3.8, 4) is 5.75 Å². The van der Waals surface area contributed by atoms with Crippen LogP contribution in [0.2, 0.25) is 0 Å². The number of ether oxygens (including phenoxy) is 1. The highest BCUT2D eigenvalue weighted by Gasteiger charge is 2.24. The van der Waals surface area contributed by atoms with Crippen molar-refractivity contribution in [3.05, 3.63) is 28.8 Å². The van der Waals surface area contributed by atoms with Gasteiger partial charge >= 0.3 is 0 Å². The van der Waals surface area contributed by atoms with Crippen LogP contribution < -0.4 is 4.74 Å². The lowest BCUT2D eigenvalue weighted by molar-refractivity contribution is 0.0857. The average Bonchev–Trinajstić information content (AvgIpc) is 2.18. The molecular weight excluding hydrogens is 200 g/mol. The van der Waals surface area contributed by atoms with Crippen molar-refractivity contribution in [1.82, 2.24) is 0 Å². The van der Waals surface area contributed by atoms with Crippen LogP contribution >= 0.6 is 0 Å². The SMILES string of the molecule is COc1cc(C)c(C(=O)C(C)(C)C)cc1C. The zero-order valence-corrected chi connectivity index (χ0v) is 11.0. The molecule has 0 spiro atoms. The van der Waals surface area contributed by atoms with Crippen LogP contribution in [-0.2, 0) is 0 Å². The molecule has 0 heterocycles. The number of hydrogen-bond acceptors (Lipinski definition) is 2. The van der Waals surface area contributed by atoms with Gasteiger partial charge in [-0.3, -0.25) is 4.79 Å². The number of rotatable bonds is 2. The lowest BCUT2D eigenvalue weighted by Gasteiger charge is -2.19. The van der Waals surface area contributed by atoms with Crippen molar-refractivity contribution in [3.63, 3.8) is 0 Å². The molecular formula is C14H20O2. The minimum Gasteiger partial charge on any atom is -0.496 e. The van der Waals surface area contributed by atoms with E-state index >= 15 is 0 Å². The molecule has 0 atom stereocenters. The second-order valence-electron chi connectivity index (χ2n) is 5.22. The van der Waals surface area contributed by atoms with Crippen molar-refractivity contribution in [2.24, 2.45) is 5.41 Å². The Labute approximate surface area is 97.6 Å². The third kappa shape index (κ3) is 2.43. The minimum atomic E-state index is -0.341. The Morgan fingerprint density at radius 1 is 1.12 bits per heavy atom. The third-order valence-electron chi connectivity index (χ3n) is 2.67. The summed E-state index contributed by atoms with van der Waals surface area (Å²) in [6.45, 7) is 9.72. The Balaban J connectivity index is 3.27. The first-order valence-electron chi connectivity index (χ1n) is 5.47. The molecule has 0 radical (unpaired) electrons. The van der Waals surface area contributed by atoms with E-state index in [2.05, 4.69) is 0 Å². The summed E-state index contributed by atoms with van der Waals surface area (Å²) in [5.41, 5.74) is 2.43. The molecule has 0 aromatic heterocycles. The molecule has 0 aliphatic carbocycles. The van der Waals surface area contributed by atoms with E-state index in [1.807, 2.05) is 46.8 Å². The molecule has 2 heteroatoms. The van der Waals surface area contributed by atoms with Gasteiger partial charge in [-0.25, -0.2) is 0 Å². The van der Waals surface area contributed by atoms with Crippen LogP contribution in [0.3, 0.4) is 0 Å². The second-order valence-corrected chi connectivity index (χ2v) is 5.22. The molecule has 0 bridgehead atoms. The number of carbonyl (C=O) groups is 1. The predicted molar refractivity (Wildman–Crippen MR) is 66.3 cm³/mol. The number of hydrogen-bond donors (Lipinski definition) is 0. The van der Waals surface area contributed by atoms with Crippen LogP contribution in [0.4, 0.5) is 0 Å². The van der Waals surface area contributed by atoms with Gasteiger partial charge < -0.3 is 4.74 Å². The van der Waals surface area contributed by atoms with Gasteiger partial charge in [0, 0.05) is 11.0 Å². The van der Waals surface area contributed by atoms with Crippen molar-refractivity contribution in [2.45, 2.75) is 34.6 Å². The Morgan fingerprint density at radius 2 is 1.69 bits per heavy atom. The van der Waals surface area contributed by atoms with Crippen LogP contribution in [0.1, 0.15) is 42.3 Å². The maximum Gasteiger partial charge on any atom is 0.168 e. The van der Waals surface area contributed by atoms with E-state index in [1.165, 1.54) is 0 Å². The Hall–Kier alpha value is -1.31. The fourth-order valence-corrected chi connectivity index (χ4v) is 1.66. The van der Waals surface area contributed by atoms with Crippen molar-refractivity contribution < 1.29 is 9.53 Å². The predicted octanol–water partition coefficient (Wildman–Crippen LogP) is 3.54. The molecule has 1 rings (SSSR count). The molecule has 0 aliphatic heterocycles. The molecule has 16 heavy (non-hydrogen) atoms. The first kappa shape index (κ1) is 12.8. The van der Waals surface area contributed by atoms with Crippen molar-refractivity contribution in [1.29, 1.82) is 0 Å². The van der Waals surface area contributed by atoms with Gasteiger partial charge in [-0.05, 0) is 37.1 Å². The standard InChI is InChI=1S/C14H20O2/c1-9-8-12(16-6)10(2)7-11(9)13(15)14(3,4)5/h7-8H,1-6H3. The van der Waals surface area contributed by atoms with Gasteiger partial charge in [0.2, 0.25) is 0 Å². The maximum atomic E-state index is 12.2. The lowest BCUT2D eigenvalue weighted by atomic mass is 9.84. The van der Waals surface area contributed by atoms with E-state index in [-0.39, 0.29) is 11.2 Å². The molecule has 0 unspecified atom stereocenters. The van der Waals surface area contributed by atoms with Crippen molar-refractivity contribution >= 4 is 5.78 Å². The summed E-state index contributed by atoms with van der Waals surface area (Å²) in [5, 5.41) is 0. The van der Waals surface area contributed by atoms with Gasteiger partial charge in [0.15, 0.2) is 5.78 Å². The molecule has 0 fully saturated rings. The Morgan fingerprint density at radius 3 is 2.12 bits per heavy atom. The Bertz CT molecular complexity index is 411. The molecule has 1 aromatic rings. The van der Waals surface area contributed by atoms with Crippen LogP contribution in [-0.4, -0.2) is 12.9 Å². The van der Waals surface area contributed by atoms with E-state index in [9.17, 15) is 4.79 Å². The molecule has 1 aromatic carbocycles. The smallest absolute Gasteiger partial charge is 0.168 e. The first-order chi connectivity index (χ1) is 7.27. The molecule has 0 amide bonds. The summed E-state index contributed by atoms with van der Waals surface area (Å²) in [6, 6.07) is 3.84. The monoisotopic (exact) mass is 220 g/mol.